The predicted molar refractivity (Wildman–Crippen MR) is 147 cm³/mol. The van der Waals surface area contributed by atoms with Crippen molar-refractivity contribution in [2.45, 2.75) is 83.6 Å². The Labute approximate surface area is 217 Å². The van der Waals surface area contributed by atoms with Gasteiger partial charge < -0.3 is 0 Å². The van der Waals surface area contributed by atoms with Crippen molar-refractivity contribution in [3.05, 3.63) is 67.8 Å². The summed E-state index contributed by atoms with van der Waals surface area (Å²) in [6.07, 6.45) is 19.3. The first-order valence-electron chi connectivity index (χ1n) is 14.2. The first kappa shape index (κ1) is 23.9. The van der Waals surface area contributed by atoms with Gasteiger partial charge in [0.2, 0.25) is 0 Å². The highest BCUT2D eigenvalue weighted by Gasteiger charge is 2.60. The van der Waals surface area contributed by atoms with Gasteiger partial charge in [-0.3, -0.25) is 9.99 Å². The van der Waals surface area contributed by atoms with Crippen LogP contribution in [0.2, 0.25) is 0 Å². The Morgan fingerprint density at radius 1 is 0.944 bits per heavy atom. The molecule has 8 atom stereocenters. The summed E-state index contributed by atoms with van der Waals surface area (Å²) in [4.78, 5) is 4.39. The first-order chi connectivity index (χ1) is 17.5. The molecule has 4 fully saturated rings. The van der Waals surface area contributed by atoms with Crippen LogP contribution >= 0.6 is 0 Å². The molecule has 190 valence electrons. The fourth-order valence-corrected chi connectivity index (χ4v) is 9.70. The molecule has 4 nitrogen and oxygen atoms in total. The average Bonchev–Trinajstić information content (AvgIpc) is 3.26. The summed E-state index contributed by atoms with van der Waals surface area (Å²) in [7, 11) is 0. The Morgan fingerprint density at radius 2 is 1.78 bits per heavy atom. The van der Waals surface area contributed by atoms with Gasteiger partial charge in [-0.05, 0) is 121 Å². The molecular formula is C32H42N4. The summed E-state index contributed by atoms with van der Waals surface area (Å²) < 4.78 is 0. The van der Waals surface area contributed by atoms with E-state index in [-0.39, 0.29) is 0 Å². The molecule has 0 saturated heterocycles. The van der Waals surface area contributed by atoms with Gasteiger partial charge in [-0.15, -0.1) is 5.11 Å². The normalized spacial score (nSPS) is 39.8. The number of benzene rings is 1. The first-order valence-corrected chi connectivity index (χ1v) is 14.2. The van der Waals surface area contributed by atoms with Crippen LogP contribution in [0.25, 0.3) is 10.8 Å². The standard InChI is InChI=1S/C32H42N4/c1-5-34-35-36(6-2)26-13-16-31(3)25(20-26)9-10-27-29-12-11-28(32(29,4)17-14-30(27)31)23-8-7-22-15-18-33-21-24(22)19-23/h5-8,15,18-19,21,25-30H,1-2,9-14,16-17,20H2,3-4H3/t25-,26-,27-,28+,29-,30-,31-,32+/m0/s1. The number of hydrogen-bond acceptors (Lipinski definition) is 3. The monoisotopic (exact) mass is 482 g/mol. The lowest BCUT2D eigenvalue weighted by Crippen LogP contribution is -2.54. The third-order valence-corrected chi connectivity index (χ3v) is 11.5. The lowest BCUT2D eigenvalue weighted by atomic mass is 9.44. The Morgan fingerprint density at radius 3 is 2.61 bits per heavy atom. The SMILES string of the molecule is C=CN=NN(C=C)[C@H]1CC[C@@]2(C)[C@@H](CC[C@@H]3[C@@H]2CC[C@]2(C)[C@@H](c4ccc5ccncc5c4)CC[C@@H]32)C1. The molecule has 0 unspecified atom stereocenters. The number of pyridine rings is 1. The van der Waals surface area contributed by atoms with Crippen LogP contribution < -0.4 is 0 Å². The van der Waals surface area contributed by atoms with E-state index in [2.05, 4.69) is 66.6 Å². The molecule has 0 bridgehead atoms. The third kappa shape index (κ3) is 3.66. The highest BCUT2D eigenvalue weighted by atomic mass is 15.5. The van der Waals surface area contributed by atoms with Gasteiger partial charge in [-0.25, -0.2) is 0 Å². The maximum atomic E-state index is 4.39. The molecule has 0 aliphatic heterocycles. The quantitative estimate of drug-likeness (QED) is 0.316. The van der Waals surface area contributed by atoms with Crippen LogP contribution in [0.4, 0.5) is 0 Å². The van der Waals surface area contributed by atoms with Crippen LogP contribution in [0.5, 0.6) is 0 Å². The topological polar surface area (TPSA) is 40.9 Å². The molecular weight excluding hydrogens is 440 g/mol. The summed E-state index contributed by atoms with van der Waals surface area (Å²) in [6.45, 7) is 13.0. The second kappa shape index (κ2) is 9.11. The van der Waals surface area contributed by atoms with Crippen LogP contribution in [-0.2, 0) is 0 Å². The van der Waals surface area contributed by atoms with E-state index in [1.807, 2.05) is 23.6 Å². The van der Waals surface area contributed by atoms with Crippen LogP contribution in [0.3, 0.4) is 0 Å². The van der Waals surface area contributed by atoms with E-state index in [0.717, 1.165) is 23.7 Å². The number of fused-ring (bicyclic) bond motifs is 6. The van der Waals surface area contributed by atoms with Crippen molar-refractivity contribution in [1.82, 2.24) is 9.99 Å². The number of rotatable bonds is 5. The van der Waals surface area contributed by atoms with Crippen LogP contribution in [0.15, 0.2) is 72.6 Å². The molecule has 6 rings (SSSR count). The molecule has 0 amide bonds. The van der Waals surface area contributed by atoms with Crippen molar-refractivity contribution in [2.75, 3.05) is 0 Å². The van der Waals surface area contributed by atoms with E-state index in [4.69, 9.17) is 0 Å². The fraction of sp³-hybridized carbons (Fsp3) is 0.594. The summed E-state index contributed by atoms with van der Waals surface area (Å²) in [5, 5.41) is 13.0. The summed E-state index contributed by atoms with van der Waals surface area (Å²) in [5.41, 5.74) is 2.45. The Kier molecular flexibility index (Phi) is 6.05. The van der Waals surface area contributed by atoms with E-state index in [1.165, 1.54) is 74.8 Å². The molecule has 4 aliphatic carbocycles. The van der Waals surface area contributed by atoms with Crippen LogP contribution in [0, 0.1) is 34.5 Å². The lowest BCUT2D eigenvalue weighted by molar-refractivity contribution is -0.115. The van der Waals surface area contributed by atoms with Crippen molar-refractivity contribution in [1.29, 1.82) is 0 Å². The smallest absolute Gasteiger partial charge is 0.0539 e. The fourth-order valence-electron chi connectivity index (χ4n) is 9.70. The van der Waals surface area contributed by atoms with Gasteiger partial charge in [-0.1, -0.05) is 44.4 Å². The highest BCUT2D eigenvalue weighted by Crippen LogP contribution is 2.69. The van der Waals surface area contributed by atoms with Crippen molar-refractivity contribution in [2.24, 2.45) is 44.8 Å². The van der Waals surface area contributed by atoms with Crippen LogP contribution in [-0.4, -0.2) is 16.0 Å². The zero-order chi connectivity index (χ0) is 24.9. The average molecular weight is 483 g/mol. The third-order valence-electron chi connectivity index (χ3n) is 11.5. The maximum absolute atomic E-state index is 4.39. The van der Waals surface area contributed by atoms with E-state index >= 15 is 0 Å². The Hall–Kier alpha value is -2.49. The molecule has 4 saturated carbocycles. The minimum absolute atomic E-state index is 0.424. The van der Waals surface area contributed by atoms with E-state index in [1.54, 1.807) is 5.56 Å². The van der Waals surface area contributed by atoms with Gasteiger partial charge in [0.15, 0.2) is 0 Å². The Bertz CT molecular complexity index is 1170. The summed E-state index contributed by atoms with van der Waals surface area (Å²) >= 11 is 0. The highest BCUT2D eigenvalue weighted by molar-refractivity contribution is 5.82. The molecule has 36 heavy (non-hydrogen) atoms. The van der Waals surface area contributed by atoms with Gasteiger partial charge in [-0.2, -0.15) is 0 Å². The number of hydrogen-bond donors (Lipinski definition) is 0. The molecule has 2 aromatic rings. The van der Waals surface area contributed by atoms with Crippen LogP contribution in [0.1, 0.15) is 83.1 Å². The van der Waals surface area contributed by atoms with Gasteiger partial charge >= 0.3 is 0 Å². The van der Waals surface area contributed by atoms with Gasteiger partial charge in [0.05, 0.1) is 6.04 Å². The molecule has 1 aromatic heterocycles. The van der Waals surface area contributed by atoms with E-state index in [0.29, 0.717) is 22.8 Å². The number of aromatic nitrogens is 1. The summed E-state index contributed by atoms with van der Waals surface area (Å²) in [6, 6.07) is 9.74. The molecule has 0 spiro atoms. The second-order valence-electron chi connectivity index (χ2n) is 12.7. The van der Waals surface area contributed by atoms with E-state index < -0.39 is 0 Å². The molecule has 4 aliphatic rings. The molecule has 1 heterocycles. The number of nitrogens with zero attached hydrogens (tertiary/aromatic N) is 4. The predicted octanol–water partition coefficient (Wildman–Crippen LogP) is 8.69. The largest absolute Gasteiger partial charge is 0.264 e. The van der Waals surface area contributed by atoms with E-state index in [9.17, 15) is 0 Å². The van der Waals surface area contributed by atoms with Crippen molar-refractivity contribution < 1.29 is 0 Å². The minimum atomic E-state index is 0.424. The Balaban J connectivity index is 1.22. The maximum Gasteiger partial charge on any atom is 0.0539 e. The van der Waals surface area contributed by atoms with Crippen molar-refractivity contribution in [3.63, 3.8) is 0 Å². The van der Waals surface area contributed by atoms with Crippen molar-refractivity contribution >= 4 is 10.8 Å². The molecule has 4 heteroatoms. The zero-order valence-electron chi connectivity index (χ0n) is 22.1. The zero-order valence-corrected chi connectivity index (χ0v) is 22.1. The van der Waals surface area contributed by atoms with Crippen molar-refractivity contribution in [3.8, 4) is 0 Å². The second-order valence-corrected chi connectivity index (χ2v) is 12.7. The molecule has 0 N–H and O–H groups in total. The van der Waals surface area contributed by atoms with Gasteiger partial charge in [0.25, 0.3) is 0 Å². The molecule has 1 aromatic carbocycles. The van der Waals surface area contributed by atoms with Gasteiger partial charge in [0, 0.05) is 30.2 Å². The molecule has 0 radical (unpaired) electrons. The minimum Gasteiger partial charge on any atom is -0.264 e. The summed E-state index contributed by atoms with van der Waals surface area (Å²) in [5.74, 6) is 4.11. The van der Waals surface area contributed by atoms with Gasteiger partial charge in [0.1, 0.15) is 0 Å². The lowest BCUT2D eigenvalue weighted by Gasteiger charge is -2.61.